The first kappa shape index (κ1) is 16.1. The quantitative estimate of drug-likeness (QED) is 0.805. The molecule has 2 amide bonds. The van der Waals surface area contributed by atoms with Crippen LogP contribution in [0.3, 0.4) is 0 Å². The molecule has 21 heavy (non-hydrogen) atoms. The Balaban J connectivity index is 1.76. The van der Waals surface area contributed by atoms with Crippen molar-refractivity contribution in [3.05, 3.63) is 0 Å². The van der Waals surface area contributed by atoms with Crippen molar-refractivity contribution < 1.29 is 22.8 Å². The minimum atomic E-state index is -4.20. The van der Waals surface area contributed by atoms with Gasteiger partial charge in [-0.2, -0.15) is 13.2 Å². The molecule has 2 aliphatic rings. The van der Waals surface area contributed by atoms with Crippen LogP contribution in [-0.4, -0.2) is 55.1 Å². The third-order valence-electron chi connectivity index (χ3n) is 3.96. The monoisotopic (exact) mass is 307 g/mol. The second kappa shape index (κ2) is 6.64. The molecule has 2 heterocycles. The van der Waals surface area contributed by atoms with Gasteiger partial charge in [-0.3, -0.25) is 14.5 Å². The molecule has 0 spiro atoms. The van der Waals surface area contributed by atoms with Gasteiger partial charge in [-0.15, -0.1) is 0 Å². The summed E-state index contributed by atoms with van der Waals surface area (Å²) in [6, 6.07) is -0.501. The van der Waals surface area contributed by atoms with Crippen LogP contribution < -0.4 is 10.6 Å². The van der Waals surface area contributed by atoms with E-state index in [9.17, 15) is 22.8 Å². The molecular weight excluding hydrogens is 287 g/mol. The highest BCUT2D eigenvalue weighted by atomic mass is 19.4. The fourth-order valence-electron chi connectivity index (χ4n) is 2.81. The van der Waals surface area contributed by atoms with Crippen molar-refractivity contribution in [2.45, 2.75) is 37.9 Å². The summed E-state index contributed by atoms with van der Waals surface area (Å²) in [4.78, 5) is 25.0. The summed E-state index contributed by atoms with van der Waals surface area (Å²) in [7, 11) is 0. The standard InChI is InChI=1S/C13H20F3N3O2/c14-13(15,16)8-19-6-3-9(4-7-19)11(20)18-10-2-1-5-17-12(10)21/h9-10H,1-8H2,(H,17,21)(H,18,20). The zero-order chi connectivity index (χ0) is 15.5. The van der Waals surface area contributed by atoms with Gasteiger partial charge in [0.2, 0.25) is 11.8 Å². The van der Waals surface area contributed by atoms with Crippen molar-refractivity contribution in [1.82, 2.24) is 15.5 Å². The van der Waals surface area contributed by atoms with Gasteiger partial charge in [0.25, 0.3) is 0 Å². The third kappa shape index (κ3) is 4.87. The van der Waals surface area contributed by atoms with Crippen LogP contribution in [0.1, 0.15) is 25.7 Å². The van der Waals surface area contributed by atoms with E-state index in [0.717, 1.165) is 6.42 Å². The van der Waals surface area contributed by atoms with Gasteiger partial charge in [0.15, 0.2) is 0 Å². The van der Waals surface area contributed by atoms with Crippen molar-refractivity contribution in [2.75, 3.05) is 26.2 Å². The van der Waals surface area contributed by atoms with Crippen LogP contribution in [0, 0.1) is 5.92 Å². The fraction of sp³-hybridized carbons (Fsp3) is 0.846. The van der Waals surface area contributed by atoms with Gasteiger partial charge in [0.1, 0.15) is 6.04 Å². The Morgan fingerprint density at radius 3 is 2.52 bits per heavy atom. The molecule has 120 valence electrons. The molecule has 2 aliphatic heterocycles. The average Bonchev–Trinajstić information content (AvgIpc) is 2.40. The van der Waals surface area contributed by atoms with Crippen LogP contribution in [-0.2, 0) is 9.59 Å². The van der Waals surface area contributed by atoms with E-state index in [1.165, 1.54) is 4.90 Å². The zero-order valence-corrected chi connectivity index (χ0v) is 11.7. The Kier molecular flexibility index (Phi) is 5.08. The highest BCUT2D eigenvalue weighted by molar-refractivity contribution is 5.88. The highest BCUT2D eigenvalue weighted by Crippen LogP contribution is 2.22. The number of piperidine rings is 2. The molecule has 0 radical (unpaired) electrons. The Hall–Kier alpha value is -1.31. The predicted octanol–water partition coefficient (Wildman–Crippen LogP) is 0.655. The van der Waals surface area contributed by atoms with Gasteiger partial charge in [-0.1, -0.05) is 0 Å². The van der Waals surface area contributed by atoms with Crippen molar-refractivity contribution in [1.29, 1.82) is 0 Å². The van der Waals surface area contributed by atoms with Gasteiger partial charge >= 0.3 is 6.18 Å². The first-order valence-corrected chi connectivity index (χ1v) is 7.22. The molecule has 2 saturated heterocycles. The van der Waals surface area contributed by atoms with Crippen LogP contribution in [0.25, 0.3) is 0 Å². The summed E-state index contributed by atoms with van der Waals surface area (Å²) in [6.45, 7) is 0.219. The normalized spacial score (nSPS) is 25.5. The molecule has 0 aromatic rings. The molecule has 5 nitrogen and oxygen atoms in total. The summed E-state index contributed by atoms with van der Waals surface area (Å²) in [5.41, 5.74) is 0. The summed E-state index contributed by atoms with van der Waals surface area (Å²) in [6.07, 6.45) is -1.97. The second-order valence-corrected chi connectivity index (χ2v) is 5.66. The van der Waals surface area contributed by atoms with Gasteiger partial charge in [0.05, 0.1) is 6.54 Å². The number of nitrogens with zero attached hydrogens (tertiary/aromatic N) is 1. The van der Waals surface area contributed by atoms with Crippen molar-refractivity contribution in [2.24, 2.45) is 5.92 Å². The predicted molar refractivity (Wildman–Crippen MR) is 69.4 cm³/mol. The van der Waals surface area contributed by atoms with E-state index in [1.807, 2.05) is 0 Å². The van der Waals surface area contributed by atoms with E-state index in [-0.39, 0.29) is 30.8 Å². The molecule has 1 unspecified atom stereocenters. The molecule has 8 heteroatoms. The van der Waals surface area contributed by atoms with E-state index in [0.29, 0.717) is 25.8 Å². The van der Waals surface area contributed by atoms with Crippen molar-refractivity contribution >= 4 is 11.8 Å². The Labute approximate surface area is 121 Å². The van der Waals surface area contributed by atoms with Crippen LogP contribution in [0.2, 0.25) is 0 Å². The van der Waals surface area contributed by atoms with Gasteiger partial charge in [-0.05, 0) is 38.8 Å². The maximum atomic E-state index is 12.3. The molecule has 0 aliphatic carbocycles. The number of carbonyl (C=O) groups is 2. The lowest BCUT2D eigenvalue weighted by molar-refractivity contribution is -0.150. The number of hydrogen-bond donors (Lipinski definition) is 2. The van der Waals surface area contributed by atoms with E-state index < -0.39 is 18.8 Å². The molecule has 2 N–H and O–H groups in total. The number of amides is 2. The van der Waals surface area contributed by atoms with E-state index in [1.54, 1.807) is 0 Å². The highest BCUT2D eigenvalue weighted by Gasteiger charge is 2.34. The topological polar surface area (TPSA) is 61.4 Å². The van der Waals surface area contributed by atoms with E-state index in [4.69, 9.17) is 0 Å². The molecule has 0 aromatic heterocycles. The largest absolute Gasteiger partial charge is 0.401 e. The summed E-state index contributed by atoms with van der Waals surface area (Å²) in [5, 5.41) is 5.40. The Morgan fingerprint density at radius 1 is 1.29 bits per heavy atom. The molecule has 2 rings (SSSR count). The van der Waals surface area contributed by atoms with Crippen molar-refractivity contribution in [3.63, 3.8) is 0 Å². The van der Waals surface area contributed by atoms with Gasteiger partial charge in [-0.25, -0.2) is 0 Å². The summed E-state index contributed by atoms with van der Waals surface area (Å²) in [5.74, 6) is -0.697. The van der Waals surface area contributed by atoms with E-state index >= 15 is 0 Å². The van der Waals surface area contributed by atoms with Gasteiger partial charge < -0.3 is 10.6 Å². The van der Waals surface area contributed by atoms with Crippen LogP contribution in [0.5, 0.6) is 0 Å². The minimum absolute atomic E-state index is 0.177. The Bertz CT molecular complexity index is 393. The number of likely N-dealkylation sites (tertiary alicyclic amines) is 1. The smallest absolute Gasteiger partial charge is 0.354 e. The minimum Gasteiger partial charge on any atom is -0.354 e. The molecule has 1 atom stereocenters. The Morgan fingerprint density at radius 2 is 1.95 bits per heavy atom. The number of hydrogen-bond acceptors (Lipinski definition) is 3. The average molecular weight is 307 g/mol. The number of carbonyl (C=O) groups excluding carboxylic acids is 2. The van der Waals surface area contributed by atoms with Crippen LogP contribution in [0.4, 0.5) is 13.2 Å². The first-order chi connectivity index (χ1) is 9.85. The maximum Gasteiger partial charge on any atom is 0.401 e. The fourth-order valence-corrected chi connectivity index (χ4v) is 2.81. The molecular formula is C13H20F3N3O2. The number of nitrogens with one attached hydrogen (secondary N) is 2. The summed E-state index contributed by atoms with van der Waals surface area (Å²) >= 11 is 0. The third-order valence-corrected chi connectivity index (χ3v) is 3.96. The molecule has 0 bridgehead atoms. The summed E-state index contributed by atoms with van der Waals surface area (Å²) < 4.78 is 36.8. The van der Waals surface area contributed by atoms with Crippen molar-refractivity contribution in [3.8, 4) is 0 Å². The van der Waals surface area contributed by atoms with Crippen LogP contribution >= 0.6 is 0 Å². The zero-order valence-electron chi connectivity index (χ0n) is 11.7. The second-order valence-electron chi connectivity index (χ2n) is 5.66. The molecule has 0 saturated carbocycles. The lowest BCUT2D eigenvalue weighted by Crippen LogP contribution is -2.52. The van der Waals surface area contributed by atoms with Crippen LogP contribution in [0.15, 0.2) is 0 Å². The number of halogens is 3. The lowest BCUT2D eigenvalue weighted by atomic mass is 9.95. The number of rotatable bonds is 3. The SMILES string of the molecule is O=C(NC1CCCNC1=O)C1CCN(CC(F)(F)F)CC1. The number of alkyl halides is 3. The van der Waals surface area contributed by atoms with E-state index in [2.05, 4.69) is 10.6 Å². The lowest BCUT2D eigenvalue weighted by Gasteiger charge is -2.32. The molecule has 0 aromatic carbocycles. The first-order valence-electron chi connectivity index (χ1n) is 7.22. The molecule has 2 fully saturated rings. The maximum absolute atomic E-state index is 12.3. The van der Waals surface area contributed by atoms with Gasteiger partial charge in [0, 0.05) is 12.5 Å².